The van der Waals surface area contributed by atoms with Gasteiger partial charge in [0.1, 0.15) is 0 Å². The van der Waals surface area contributed by atoms with Gasteiger partial charge in [0.2, 0.25) is 5.95 Å². The van der Waals surface area contributed by atoms with E-state index in [1.54, 1.807) is 12.4 Å². The summed E-state index contributed by atoms with van der Waals surface area (Å²) in [5, 5.41) is 0.589. The van der Waals surface area contributed by atoms with Gasteiger partial charge in [0.05, 0.1) is 17.4 Å². The normalized spacial score (nSPS) is 18.9. The van der Waals surface area contributed by atoms with Crippen LogP contribution in [0.1, 0.15) is 6.42 Å². The summed E-state index contributed by atoms with van der Waals surface area (Å²) in [6.45, 7) is 4.21. The van der Waals surface area contributed by atoms with Crippen LogP contribution in [-0.4, -0.2) is 48.1 Å². The highest BCUT2D eigenvalue weighted by atomic mass is 35.5. The molecule has 0 saturated carbocycles. The maximum absolute atomic E-state index is 5.75. The summed E-state index contributed by atoms with van der Waals surface area (Å²) in [5.74, 6) is 0.787. The Morgan fingerprint density at radius 3 is 2.60 bits per heavy atom. The Kier molecular flexibility index (Phi) is 3.38. The Morgan fingerprint density at radius 1 is 1.13 bits per heavy atom. The van der Waals surface area contributed by atoms with Gasteiger partial charge >= 0.3 is 0 Å². The number of halogens is 1. The molecule has 1 aromatic rings. The predicted octanol–water partition coefficient (Wildman–Crippen LogP) is 1.27. The molecule has 5 heteroatoms. The van der Waals surface area contributed by atoms with Gasteiger partial charge in [-0.1, -0.05) is 11.6 Å². The molecule has 0 atom stereocenters. The zero-order valence-electron chi connectivity index (χ0n) is 8.86. The fourth-order valence-corrected chi connectivity index (χ4v) is 1.81. The summed E-state index contributed by atoms with van der Waals surface area (Å²) in [6, 6.07) is 0. The number of nitrogens with zero attached hydrogens (tertiary/aromatic N) is 4. The summed E-state index contributed by atoms with van der Waals surface area (Å²) in [5.41, 5.74) is 0. The van der Waals surface area contributed by atoms with Crippen LogP contribution in [0.3, 0.4) is 0 Å². The summed E-state index contributed by atoms with van der Waals surface area (Å²) < 4.78 is 0. The molecule has 15 heavy (non-hydrogen) atoms. The Bertz CT molecular complexity index is 314. The van der Waals surface area contributed by atoms with Gasteiger partial charge in [-0.25, -0.2) is 9.97 Å². The van der Waals surface area contributed by atoms with E-state index in [9.17, 15) is 0 Å². The summed E-state index contributed by atoms with van der Waals surface area (Å²) in [7, 11) is 2.15. The van der Waals surface area contributed by atoms with Crippen molar-refractivity contribution in [3.63, 3.8) is 0 Å². The molecule has 1 saturated heterocycles. The van der Waals surface area contributed by atoms with Gasteiger partial charge in [-0.15, -0.1) is 0 Å². The fourth-order valence-electron chi connectivity index (χ4n) is 1.72. The minimum absolute atomic E-state index is 0.589. The monoisotopic (exact) mass is 226 g/mol. The standard InChI is InChI=1S/C10H15ClN4/c1-14-3-2-4-15(6-5-14)10-12-7-9(11)8-13-10/h7-8H,2-6H2,1H3. The van der Waals surface area contributed by atoms with Gasteiger partial charge in [0.25, 0.3) is 0 Å². The van der Waals surface area contributed by atoms with Crippen LogP contribution < -0.4 is 4.90 Å². The van der Waals surface area contributed by atoms with E-state index < -0.39 is 0 Å². The van der Waals surface area contributed by atoms with E-state index in [1.165, 1.54) is 0 Å². The lowest BCUT2D eigenvalue weighted by Crippen LogP contribution is -2.29. The lowest BCUT2D eigenvalue weighted by atomic mass is 10.4. The van der Waals surface area contributed by atoms with Crippen LogP contribution in [-0.2, 0) is 0 Å². The third-order valence-corrected chi connectivity index (χ3v) is 2.80. The molecule has 82 valence electrons. The van der Waals surface area contributed by atoms with Crippen LogP contribution >= 0.6 is 11.6 Å². The van der Waals surface area contributed by atoms with Crippen LogP contribution in [0.5, 0.6) is 0 Å². The van der Waals surface area contributed by atoms with Crippen molar-refractivity contribution in [2.45, 2.75) is 6.42 Å². The first kappa shape index (κ1) is 10.6. The van der Waals surface area contributed by atoms with Crippen molar-refractivity contribution < 1.29 is 0 Å². The average molecular weight is 227 g/mol. The molecule has 1 aromatic heterocycles. The molecule has 0 aliphatic carbocycles. The van der Waals surface area contributed by atoms with Crippen molar-refractivity contribution in [1.29, 1.82) is 0 Å². The fraction of sp³-hybridized carbons (Fsp3) is 0.600. The molecule has 0 spiro atoms. The number of hydrogen-bond donors (Lipinski definition) is 0. The van der Waals surface area contributed by atoms with E-state index in [0.717, 1.165) is 38.5 Å². The van der Waals surface area contributed by atoms with Gasteiger partial charge in [-0.2, -0.15) is 0 Å². The third-order valence-electron chi connectivity index (χ3n) is 2.61. The summed E-state index contributed by atoms with van der Waals surface area (Å²) in [4.78, 5) is 13.0. The number of hydrogen-bond acceptors (Lipinski definition) is 4. The molecule has 1 fully saturated rings. The summed E-state index contributed by atoms with van der Waals surface area (Å²) in [6.07, 6.45) is 4.46. The third kappa shape index (κ3) is 2.79. The van der Waals surface area contributed by atoms with Crippen molar-refractivity contribution in [1.82, 2.24) is 14.9 Å². The molecule has 1 aliphatic heterocycles. The van der Waals surface area contributed by atoms with E-state index in [-0.39, 0.29) is 0 Å². The Hall–Kier alpha value is -0.870. The smallest absolute Gasteiger partial charge is 0.225 e. The van der Waals surface area contributed by atoms with Gasteiger partial charge in [0.15, 0.2) is 0 Å². The SMILES string of the molecule is CN1CCCN(c2ncc(Cl)cn2)CC1. The Morgan fingerprint density at radius 2 is 1.87 bits per heavy atom. The maximum Gasteiger partial charge on any atom is 0.225 e. The maximum atomic E-state index is 5.75. The average Bonchev–Trinajstić information content (AvgIpc) is 2.44. The highest BCUT2D eigenvalue weighted by Crippen LogP contribution is 2.12. The number of likely N-dealkylation sites (N-methyl/N-ethyl adjacent to an activating group) is 1. The number of aromatic nitrogens is 2. The lowest BCUT2D eigenvalue weighted by molar-refractivity contribution is 0.360. The first-order valence-corrected chi connectivity index (χ1v) is 5.54. The first-order chi connectivity index (χ1) is 7.25. The van der Waals surface area contributed by atoms with E-state index in [0.29, 0.717) is 5.02 Å². The largest absolute Gasteiger partial charge is 0.339 e. The van der Waals surface area contributed by atoms with E-state index >= 15 is 0 Å². The van der Waals surface area contributed by atoms with Gasteiger partial charge in [-0.3, -0.25) is 0 Å². The molecule has 4 nitrogen and oxygen atoms in total. The molecule has 0 aromatic carbocycles. The van der Waals surface area contributed by atoms with E-state index in [2.05, 4.69) is 26.8 Å². The molecule has 0 N–H and O–H groups in total. The zero-order valence-corrected chi connectivity index (χ0v) is 9.61. The number of rotatable bonds is 1. The molecule has 2 heterocycles. The molecule has 0 bridgehead atoms. The molecule has 0 unspecified atom stereocenters. The Balaban J connectivity index is 2.06. The topological polar surface area (TPSA) is 32.3 Å². The van der Waals surface area contributed by atoms with Crippen LogP contribution in [0, 0.1) is 0 Å². The predicted molar refractivity (Wildman–Crippen MR) is 61.4 cm³/mol. The van der Waals surface area contributed by atoms with Crippen molar-refractivity contribution in [3.05, 3.63) is 17.4 Å². The molecule has 1 aliphatic rings. The molecule has 2 rings (SSSR count). The molecular weight excluding hydrogens is 212 g/mol. The van der Waals surface area contributed by atoms with Gasteiger partial charge in [-0.05, 0) is 20.0 Å². The van der Waals surface area contributed by atoms with Crippen molar-refractivity contribution in [2.75, 3.05) is 38.1 Å². The summed E-state index contributed by atoms with van der Waals surface area (Å²) >= 11 is 5.75. The second-order valence-corrected chi connectivity index (χ2v) is 4.28. The molecular formula is C10H15ClN4. The first-order valence-electron chi connectivity index (χ1n) is 5.17. The number of anilines is 1. The van der Waals surface area contributed by atoms with Crippen LogP contribution in [0.2, 0.25) is 5.02 Å². The highest BCUT2D eigenvalue weighted by Gasteiger charge is 2.14. The highest BCUT2D eigenvalue weighted by molar-refractivity contribution is 6.30. The molecule has 0 radical (unpaired) electrons. The van der Waals surface area contributed by atoms with Crippen molar-refractivity contribution in [3.8, 4) is 0 Å². The molecule has 0 amide bonds. The minimum Gasteiger partial charge on any atom is -0.339 e. The zero-order chi connectivity index (χ0) is 10.7. The second-order valence-electron chi connectivity index (χ2n) is 3.85. The van der Waals surface area contributed by atoms with Crippen LogP contribution in [0.4, 0.5) is 5.95 Å². The van der Waals surface area contributed by atoms with Crippen molar-refractivity contribution in [2.24, 2.45) is 0 Å². The second kappa shape index (κ2) is 4.77. The van der Waals surface area contributed by atoms with Crippen molar-refractivity contribution >= 4 is 17.5 Å². The van der Waals surface area contributed by atoms with Crippen LogP contribution in [0.25, 0.3) is 0 Å². The van der Waals surface area contributed by atoms with Gasteiger partial charge < -0.3 is 9.80 Å². The minimum atomic E-state index is 0.589. The quantitative estimate of drug-likeness (QED) is 0.722. The van der Waals surface area contributed by atoms with E-state index in [4.69, 9.17) is 11.6 Å². The Labute approximate surface area is 94.9 Å². The van der Waals surface area contributed by atoms with Crippen LogP contribution in [0.15, 0.2) is 12.4 Å². The lowest BCUT2D eigenvalue weighted by Gasteiger charge is -2.19. The van der Waals surface area contributed by atoms with E-state index in [1.807, 2.05) is 0 Å². The van der Waals surface area contributed by atoms with Gasteiger partial charge in [0, 0.05) is 19.6 Å².